The van der Waals surface area contributed by atoms with Crippen LogP contribution >= 0.6 is 0 Å². The van der Waals surface area contributed by atoms with Gasteiger partial charge in [-0.15, -0.1) is 0 Å². The minimum absolute atomic E-state index is 0.0734. The van der Waals surface area contributed by atoms with E-state index in [-0.39, 0.29) is 18.0 Å². The summed E-state index contributed by atoms with van der Waals surface area (Å²) < 4.78 is 31.3. The minimum Gasteiger partial charge on any atom is -0.336 e. The first kappa shape index (κ1) is 22.1. The van der Waals surface area contributed by atoms with Gasteiger partial charge in [-0.1, -0.05) is 6.07 Å². The lowest BCUT2D eigenvalue weighted by Gasteiger charge is -2.32. The largest absolute Gasteiger partial charge is 0.345 e. The van der Waals surface area contributed by atoms with Crippen molar-refractivity contribution in [3.8, 4) is 11.3 Å². The maximum Gasteiger partial charge on any atom is 0.345 e. The zero-order valence-electron chi connectivity index (χ0n) is 18.4. The Kier molecular flexibility index (Phi) is 5.79. The predicted molar refractivity (Wildman–Crippen MR) is 124 cm³/mol. The molecule has 34 heavy (non-hydrogen) atoms. The molecule has 1 atom stereocenters. The highest BCUT2D eigenvalue weighted by Crippen LogP contribution is 2.24. The molecule has 1 fully saturated rings. The summed E-state index contributed by atoms with van der Waals surface area (Å²) in [5, 5.41) is 1.42. The van der Waals surface area contributed by atoms with Crippen molar-refractivity contribution in [1.29, 1.82) is 0 Å². The van der Waals surface area contributed by atoms with E-state index in [4.69, 9.17) is 4.98 Å². The second-order valence-electron chi connectivity index (χ2n) is 8.40. The highest BCUT2D eigenvalue weighted by atomic mass is 19.3. The van der Waals surface area contributed by atoms with Crippen LogP contribution in [0.25, 0.3) is 33.1 Å². The number of pyridine rings is 1. The van der Waals surface area contributed by atoms with Gasteiger partial charge >= 0.3 is 6.61 Å². The van der Waals surface area contributed by atoms with E-state index >= 15 is 0 Å². The fourth-order valence-electron chi connectivity index (χ4n) is 4.35. The topological polar surface area (TPSA) is 77.3 Å². The number of nitrogens with zero attached hydrogens (tertiary/aromatic N) is 4. The summed E-state index contributed by atoms with van der Waals surface area (Å²) in [6, 6.07) is 12.4. The molecule has 1 amide bonds. The van der Waals surface area contributed by atoms with Gasteiger partial charge in [0.1, 0.15) is 0 Å². The first-order chi connectivity index (χ1) is 16.4. The zero-order chi connectivity index (χ0) is 23.8. The normalized spacial score (nSPS) is 16.5. The second-order valence-corrected chi connectivity index (χ2v) is 8.40. The number of carbonyl (C=O) groups excluding carboxylic acids is 1. The number of likely N-dealkylation sites (tertiary alicyclic amines) is 1. The first-order valence-corrected chi connectivity index (χ1v) is 11.0. The van der Waals surface area contributed by atoms with Crippen LogP contribution in [0.1, 0.15) is 23.2 Å². The van der Waals surface area contributed by atoms with Crippen molar-refractivity contribution in [3.05, 3.63) is 70.8 Å². The monoisotopic (exact) mass is 464 g/mol. The SMILES string of the molecule is Cn1ccc2cc(-c3cnc4ccc(C(=O)N5CCCC(OC(F)F)C5)cc4n3)ccc2c1=O. The van der Waals surface area contributed by atoms with Crippen molar-refractivity contribution in [2.24, 2.45) is 7.05 Å². The Morgan fingerprint density at radius 3 is 2.82 bits per heavy atom. The zero-order valence-corrected chi connectivity index (χ0v) is 18.4. The average Bonchev–Trinajstić information content (AvgIpc) is 2.84. The molecule has 2 aromatic carbocycles. The molecular weight excluding hydrogens is 442 g/mol. The van der Waals surface area contributed by atoms with Crippen LogP contribution in [0.15, 0.2) is 59.7 Å². The van der Waals surface area contributed by atoms with Gasteiger partial charge in [0.15, 0.2) is 0 Å². The van der Waals surface area contributed by atoms with E-state index in [9.17, 15) is 18.4 Å². The van der Waals surface area contributed by atoms with E-state index in [0.717, 1.165) is 10.9 Å². The number of ether oxygens (including phenoxy) is 1. The number of piperidine rings is 1. The van der Waals surface area contributed by atoms with Gasteiger partial charge in [-0.05, 0) is 54.6 Å². The van der Waals surface area contributed by atoms with Crippen molar-refractivity contribution in [3.63, 3.8) is 0 Å². The van der Waals surface area contributed by atoms with Gasteiger partial charge < -0.3 is 14.2 Å². The van der Waals surface area contributed by atoms with Crippen LogP contribution in [0.4, 0.5) is 8.78 Å². The van der Waals surface area contributed by atoms with E-state index in [2.05, 4.69) is 9.72 Å². The van der Waals surface area contributed by atoms with Crippen LogP contribution in [0.5, 0.6) is 0 Å². The molecule has 1 unspecified atom stereocenters. The van der Waals surface area contributed by atoms with Crippen LogP contribution in [0.3, 0.4) is 0 Å². The molecule has 0 spiro atoms. The number of hydrogen-bond acceptors (Lipinski definition) is 5. The van der Waals surface area contributed by atoms with Gasteiger partial charge in [0, 0.05) is 42.8 Å². The van der Waals surface area contributed by atoms with Crippen molar-refractivity contribution < 1.29 is 18.3 Å². The van der Waals surface area contributed by atoms with Gasteiger partial charge in [0.2, 0.25) is 0 Å². The number of aryl methyl sites for hydroxylation is 1. The van der Waals surface area contributed by atoms with Crippen molar-refractivity contribution in [2.75, 3.05) is 13.1 Å². The molecule has 7 nitrogen and oxygen atoms in total. The number of halogens is 2. The average molecular weight is 464 g/mol. The van der Waals surface area contributed by atoms with Crippen molar-refractivity contribution >= 4 is 27.7 Å². The predicted octanol–water partition coefficient (Wildman–Crippen LogP) is 3.99. The number of aromatic nitrogens is 3. The summed E-state index contributed by atoms with van der Waals surface area (Å²) in [6.45, 7) is -2.24. The van der Waals surface area contributed by atoms with Crippen LogP contribution in [-0.4, -0.2) is 51.1 Å². The Hall–Kier alpha value is -3.72. The number of alkyl halides is 2. The van der Waals surface area contributed by atoms with Gasteiger partial charge in [0.25, 0.3) is 11.5 Å². The summed E-state index contributed by atoms with van der Waals surface area (Å²) in [7, 11) is 1.71. The van der Waals surface area contributed by atoms with Gasteiger partial charge in [0.05, 0.1) is 29.0 Å². The summed E-state index contributed by atoms with van der Waals surface area (Å²) in [5.41, 5.74) is 2.93. The second kappa shape index (κ2) is 8.90. The molecule has 0 radical (unpaired) electrons. The standard InChI is InChI=1S/C25H22F2N4O3/c1-30-10-8-15-11-16(4-6-19(15)24(30)33)22-13-28-20-7-5-17(12-21(20)29-22)23(32)31-9-2-3-18(14-31)34-25(26)27/h4-8,10-13,18,25H,2-3,9,14H2,1H3. The quantitative estimate of drug-likeness (QED) is 0.456. The lowest BCUT2D eigenvalue weighted by Crippen LogP contribution is -2.43. The molecule has 9 heteroatoms. The van der Waals surface area contributed by atoms with E-state index < -0.39 is 12.7 Å². The molecule has 1 aliphatic heterocycles. The Labute approximate surface area is 193 Å². The van der Waals surface area contributed by atoms with Crippen molar-refractivity contribution in [1.82, 2.24) is 19.4 Å². The number of benzene rings is 2. The fraction of sp³-hybridized carbons (Fsp3) is 0.280. The number of fused-ring (bicyclic) bond motifs is 2. The van der Waals surface area contributed by atoms with E-state index in [1.807, 2.05) is 18.2 Å². The minimum atomic E-state index is -2.85. The molecule has 1 aliphatic rings. The third-order valence-electron chi connectivity index (χ3n) is 6.13. The smallest absolute Gasteiger partial charge is 0.336 e. The molecule has 5 rings (SSSR count). The molecule has 4 aromatic rings. The van der Waals surface area contributed by atoms with Gasteiger partial charge in [-0.2, -0.15) is 8.78 Å². The van der Waals surface area contributed by atoms with E-state index in [1.54, 1.807) is 48.6 Å². The van der Waals surface area contributed by atoms with E-state index in [0.29, 0.717) is 47.1 Å². The van der Waals surface area contributed by atoms with Crippen molar-refractivity contribution in [2.45, 2.75) is 25.6 Å². The maximum atomic E-state index is 13.0. The summed E-state index contributed by atoms with van der Waals surface area (Å²) in [6.07, 6.45) is 3.80. The van der Waals surface area contributed by atoms with Crippen LogP contribution in [0, 0.1) is 0 Å². The third-order valence-corrected chi connectivity index (χ3v) is 6.13. The number of hydrogen-bond donors (Lipinski definition) is 0. The third kappa shape index (κ3) is 4.26. The highest BCUT2D eigenvalue weighted by Gasteiger charge is 2.27. The summed E-state index contributed by atoms with van der Waals surface area (Å²) in [5.74, 6) is -0.252. The number of amides is 1. The fourth-order valence-corrected chi connectivity index (χ4v) is 4.35. The Balaban J connectivity index is 1.45. The molecule has 0 aliphatic carbocycles. The van der Waals surface area contributed by atoms with Crippen LogP contribution in [0.2, 0.25) is 0 Å². The molecule has 1 saturated heterocycles. The summed E-state index contributed by atoms with van der Waals surface area (Å²) >= 11 is 0. The Bertz CT molecular complexity index is 1450. The lowest BCUT2D eigenvalue weighted by atomic mass is 10.1. The maximum absolute atomic E-state index is 13.0. The van der Waals surface area contributed by atoms with Crippen LogP contribution < -0.4 is 5.56 Å². The van der Waals surface area contributed by atoms with Gasteiger partial charge in [-0.25, -0.2) is 4.98 Å². The van der Waals surface area contributed by atoms with E-state index in [1.165, 1.54) is 4.57 Å². The molecule has 0 saturated carbocycles. The highest BCUT2D eigenvalue weighted by molar-refractivity contribution is 5.97. The molecular formula is C25H22F2N4O3. The lowest BCUT2D eigenvalue weighted by molar-refractivity contribution is -0.171. The van der Waals surface area contributed by atoms with Gasteiger partial charge in [-0.3, -0.25) is 14.6 Å². The molecule has 2 aromatic heterocycles. The number of carbonyl (C=O) groups is 1. The van der Waals surface area contributed by atoms with Crippen LogP contribution in [-0.2, 0) is 11.8 Å². The molecule has 174 valence electrons. The summed E-state index contributed by atoms with van der Waals surface area (Å²) in [4.78, 5) is 36.1. The molecule has 0 bridgehead atoms. The molecule has 3 heterocycles. The Morgan fingerprint density at radius 1 is 1.15 bits per heavy atom. The Morgan fingerprint density at radius 2 is 2.00 bits per heavy atom. The molecule has 0 N–H and O–H groups in total. The first-order valence-electron chi connectivity index (χ1n) is 11.0. The number of rotatable bonds is 4.